The Balaban J connectivity index is 2.38. The summed E-state index contributed by atoms with van der Waals surface area (Å²) in [6.45, 7) is 0.117. The Morgan fingerprint density at radius 1 is 1.33 bits per heavy atom. The van der Waals surface area contributed by atoms with Crippen molar-refractivity contribution in [2.45, 2.75) is 12.5 Å². The van der Waals surface area contributed by atoms with E-state index >= 15 is 0 Å². The first-order valence-corrected chi connectivity index (χ1v) is 5.02. The molecule has 2 rings (SSSR count). The number of fused-ring (bicyclic) bond motifs is 1. The highest BCUT2D eigenvalue weighted by Gasteiger charge is 2.05. The highest BCUT2D eigenvalue weighted by atomic mass is 16.3. The highest BCUT2D eigenvalue weighted by Crippen LogP contribution is 2.19. The number of aromatic nitrogens is 1. The third-order valence-corrected chi connectivity index (χ3v) is 2.50. The molecule has 1 aromatic carbocycles. The normalized spacial score (nSPS) is 12.9. The summed E-state index contributed by atoms with van der Waals surface area (Å²) in [5.74, 6) is 0. The summed E-state index contributed by atoms with van der Waals surface area (Å²) in [6, 6.07) is 9.78. The van der Waals surface area contributed by atoms with Gasteiger partial charge in [0.1, 0.15) is 0 Å². The molecule has 1 atom stereocenters. The predicted molar refractivity (Wildman–Crippen MR) is 60.4 cm³/mol. The fourth-order valence-electron chi connectivity index (χ4n) is 1.63. The zero-order valence-corrected chi connectivity index (χ0v) is 8.43. The summed E-state index contributed by atoms with van der Waals surface area (Å²) in [4.78, 5) is 4.24. The lowest BCUT2D eigenvalue weighted by Crippen LogP contribution is -2.11. The minimum atomic E-state index is -0.0976. The molecule has 3 heteroatoms. The summed E-state index contributed by atoms with van der Waals surface area (Å²) >= 11 is 0. The lowest BCUT2D eigenvalue weighted by molar-refractivity contribution is 0.276. The Kier molecular flexibility index (Phi) is 2.94. The second-order valence-corrected chi connectivity index (χ2v) is 3.57. The molecule has 15 heavy (non-hydrogen) atoms. The van der Waals surface area contributed by atoms with Crippen LogP contribution in [0.15, 0.2) is 36.5 Å². The molecule has 2 aromatic rings. The number of nitrogens with zero attached hydrogens (tertiary/aromatic N) is 1. The molecule has 78 valence electrons. The van der Waals surface area contributed by atoms with Gasteiger partial charge in [0.25, 0.3) is 0 Å². The Bertz CT molecular complexity index is 456. The molecule has 1 aromatic heterocycles. The number of nitrogens with two attached hydrogens (primary N) is 1. The Hall–Kier alpha value is -1.45. The molecule has 0 spiro atoms. The lowest BCUT2D eigenvalue weighted by atomic mass is 10.0. The van der Waals surface area contributed by atoms with Gasteiger partial charge in [-0.1, -0.05) is 12.1 Å². The fraction of sp³-hybridized carbons (Fsp3) is 0.250. The summed E-state index contributed by atoms with van der Waals surface area (Å²) in [7, 11) is 0. The van der Waals surface area contributed by atoms with Gasteiger partial charge < -0.3 is 10.8 Å². The largest absolute Gasteiger partial charge is 0.396 e. The average Bonchev–Trinajstić information content (AvgIpc) is 2.29. The first-order valence-electron chi connectivity index (χ1n) is 5.02. The minimum Gasteiger partial charge on any atom is -0.396 e. The third kappa shape index (κ3) is 2.14. The fourth-order valence-corrected chi connectivity index (χ4v) is 1.63. The number of hydrogen-bond donors (Lipinski definition) is 2. The van der Waals surface area contributed by atoms with E-state index in [-0.39, 0.29) is 12.6 Å². The first kappa shape index (κ1) is 10.1. The van der Waals surface area contributed by atoms with Gasteiger partial charge in [0.2, 0.25) is 0 Å². The van der Waals surface area contributed by atoms with E-state index < -0.39 is 0 Å². The van der Waals surface area contributed by atoms with Crippen LogP contribution in [-0.4, -0.2) is 16.7 Å². The van der Waals surface area contributed by atoms with Crippen LogP contribution in [0.5, 0.6) is 0 Å². The second kappa shape index (κ2) is 4.38. The Morgan fingerprint density at radius 2 is 2.20 bits per heavy atom. The zero-order valence-electron chi connectivity index (χ0n) is 8.43. The van der Waals surface area contributed by atoms with Gasteiger partial charge >= 0.3 is 0 Å². The van der Waals surface area contributed by atoms with E-state index in [1.165, 1.54) is 0 Å². The average molecular weight is 202 g/mol. The van der Waals surface area contributed by atoms with Crippen LogP contribution in [0.25, 0.3) is 10.9 Å². The van der Waals surface area contributed by atoms with Crippen molar-refractivity contribution in [2.24, 2.45) is 5.73 Å². The molecule has 0 saturated heterocycles. The maximum absolute atomic E-state index is 8.82. The smallest absolute Gasteiger partial charge is 0.0702 e. The van der Waals surface area contributed by atoms with Crippen LogP contribution in [0.2, 0.25) is 0 Å². The maximum atomic E-state index is 8.82. The molecule has 3 N–H and O–H groups in total. The van der Waals surface area contributed by atoms with E-state index in [4.69, 9.17) is 10.8 Å². The van der Waals surface area contributed by atoms with Gasteiger partial charge in [-0.15, -0.1) is 0 Å². The number of aliphatic hydroxyl groups is 1. The molecule has 0 aliphatic heterocycles. The van der Waals surface area contributed by atoms with Gasteiger partial charge in [0.05, 0.1) is 5.52 Å². The molecule has 3 nitrogen and oxygen atoms in total. The van der Waals surface area contributed by atoms with Crippen LogP contribution in [-0.2, 0) is 0 Å². The van der Waals surface area contributed by atoms with Crippen molar-refractivity contribution in [1.29, 1.82) is 0 Å². The van der Waals surface area contributed by atoms with Crippen LogP contribution in [0.3, 0.4) is 0 Å². The monoisotopic (exact) mass is 202 g/mol. The molecule has 0 bridgehead atoms. The predicted octanol–water partition coefficient (Wildman–Crippen LogP) is 1.62. The van der Waals surface area contributed by atoms with Crippen LogP contribution < -0.4 is 5.73 Å². The number of benzene rings is 1. The molecule has 0 saturated carbocycles. The summed E-state index contributed by atoms with van der Waals surface area (Å²) in [5.41, 5.74) is 7.93. The van der Waals surface area contributed by atoms with Crippen molar-refractivity contribution in [3.05, 3.63) is 42.1 Å². The Labute approximate surface area is 88.6 Å². The van der Waals surface area contributed by atoms with Crippen molar-refractivity contribution >= 4 is 10.9 Å². The summed E-state index contributed by atoms with van der Waals surface area (Å²) in [6.07, 6.45) is 2.36. The number of rotatable bonds is 3. The highest BCUT2D eigenvalue weighted by molar-refractivity contribution is 5.79. The SMILES string of the molecule is N[C@@H](CCO)c1ccc2ncccc2c1. The second-order valence-electron chi connectivity index (χ2n) is 3.57. The molecular weight excluding hydrogens is 188 g/mol. The van der Waals surface area contributed by atoms with Crippen molar-refractivity contribution in [3.63, 3.8) is 0 Å². The first-order chi connectivity index (χ1) is 7.31. The van der Waals surface area contributed by atoms with Crippen molar-refractivity contribution in [3.8, 4) is 0 Å². The van der Waals surface area contributed by atoms with Crippen molar-refractivity contribution in [1.82, 2.24) is 4.98 Å². The van der Waals surface area contributed by atoms with E-state index in [0.717, 1.165) is 16.5 Å². The van der Waals surface area contributed by atoms with Crippen molar-refractivity contribution in [2.75, 3.05) is 6.61 Å². The number of hydrogen-bond acceptors (Lipinski definition) is 3. The van der Waals surface area contributed by atoms with Gasteiger partial charge in [-0.3, -0.25) is 4.98 Å². The van der Waals surface area contributed by atoms with Gasteiger partial charge in [-0.05, 0) is 30.2 Å². The van der Waals surface area contributed by atoms with E-state index in [1.807, 2.05) is 30.3 Å². The molecule has 0 amide bonds. The van der Waals surface area contributed by atoms with E-state index in [0.29, 0.717) is 6.42 Å². The maximum Gasteiger partial charge on any atom is 0.0702 e. The van der Waals surface area contributed by atoms with Gasteiger partial charge in [0, 0.05) is 24.2 Å². The van der Waals surface area contributed by atoms with Gasteiger partial charge in [-0.2, -0.15) is 0 Å². The van der Waals surface area contributed by atoms with Crippen LogP contribution in [0.1, 0.15) is 18.0 Å². The molecule has 0 aliphatic rings. The zero-order chi connectivity index (χ0) is 10.7. The van der Waals surface area contributed by atoms with Crippen LogP contribution >= 0.6 is 0 Å². The molecule has 0 aliphatic carbocycles. The lowest BCUT2D eigenvalue weighted by Gasteiger charge is -2.10. The van der Waals surface area contributed by atoms with E-state index in [2.05, 4.69) is 4.98 Å². The molecule has 0 radical (unpaired) electrons. The molecule has 1 heterocycles. The summed E-state index contributed by atoms with van der Waals surface area (Å²) in [5, 5.41) is 9.91. The standard InChI is InChI=1S/C12H14N2O/c13-11(5-7-15)9-3-4-12-10(8-9)2-1-6-14-12/h1-4,6,8,11,15H,5,7,13H2/t11-/m0/s1. The Morgan fingerprint density at radius 3 is 3.00 bits per heavy atom. The molecular formula is C12H14N2O. The third-order valence-electron chi connectivity index (χ3n) is 2.50. The minimum absolute atomic E-state index is 0.0976. The summed E-state index contributed by atoms with van der Waals surface area (Å²) < 4.78 is 0. The van der Waals surface area contributed by atoms with Gasteiger partial charge in [0.15, 0.2) is 0 Å². The van der Waals surface area contributed by atoms with Crippen LogP contribution in [0.4, 0.5) is 0 Å². The quantitative estimate of drug-likeness (QED) is 0.795. The van der Waals surface area contributed by atoms with Gasteiger partial charge in [-0.25, -0.2) is 0 Å². The number of pyridine rings is 1. The van der Waals surface area contributed by atoms with E-state index in [9.17, 15) is 0 Å². The topological polar surface area (TPSA) is 59.1 Å². The number of aliphatic hydroxyl groups excluding tert-OH is 1. The molecule has 0 fully saturated rings. The van der Waals surface area contributed by atoms with Crippen LogP contribution in [0, 0.1) is 0 Å². The van der Waals surface area contributed by atoms with Crippen molar-refractivity contribution < 1.29 is 5.11 Å². The molecule has 0 unspecified atom stereocenters. The van der Waals surface area contributed by atoms with E-state index in [1.54, 1.807) is 6.20 Å².